The van der Waals surface area contributed by atoms with Crippen LogP contribution in [-0.4, -0.2) is 35.4 Å². The molecule has 1 aromatic rings. The highest BCUT2D eigenvalue weighted by Gasteiger charge is 2.33. The molecule has 1 atom stereocenters. The first kappa shape index (κ1) is 16.5. The van der Waals surface area contributed by atoms with Gasteiger partial charge in [-0.3, -0.25) is 14.4 Å². The molecule has 1 aliphatic rings. The van der Waals surface area contributed by atoms with Crippen LogP contribution in [0.15, 0.2) is 24.3 Å². The number of hydrogen-bond donors (Lipinski definition) is 0. The summed E-state index contributed by atoms with van der Waals surface area (Å²) in [5.41, 5.74) is 1.50. The van der Waals surface area contributed by atoms with E-state index in [9.17, 15) is 14.4 Å². The summed E-state index contributed by atoms with van der Waals surface area (Å²) in [7, 11) is 0. The van der Waals surface area contributed by atoms with Crippen molar-refractivity contribution in [2.24, 2.45) is 0 Å². The number of thioether (sulfide) groups is 1. The lowest BCUT2D eigenvalue weighted by molar-refractivity contribution is -0.142. The smallest absolute Gasteiger partial charge is 0.310 e. The lowest BCUT2D eigenvalue weighted by Gasteiger charge is -2.20. The molecule has 0 aromatic heterocycles. The van der Waals surface area contributed by atoms with E-state index in [1.165, 1.54) is 18.7 Å². The summed E-state index contributed by atoms with van der Waals surface area (Å²) >= 11 is 1.20. The molecule has 1 aliphatic heterocycles. The van der Waals surface area contributed by atoms with Gasteiger partial charge in [-0.1, -0.05) is 30.0 Å². The molecule has 0 spiro atoms. The zero-order valence-corrected chi connectivity index (χ0v) is 13.5. The first-order valence-electron chi connectivity index (χ1n) is 7.22. The van der Waals surface area contributed by atoms with Crippen LogP contribution in [0.4, 0.5) is 5.69 Å². The first-order valence-corrected chi connectivity index (χ1v) is 8.10. The number of carbonyl (C=O) groups excluding carboxylic acids is 3. The number of carbonyl (C=O) groups is 3. The van der Waals surface area contributed by atoms with Gasteiger partial charge in [0.2, 0.25) is 5.91 Å². The van der Waals surface area contributed by atoms with Gasteiger partial charge < -0.3 is 9.64 Å². The number of rotatable bonds is 5. The van der Waals surface area contributed by atoms with Crippen LogP contribution < -0.4 is 4.90 Å². The molecule has 1 heterocycles. The van der Waals surface area contributed by atoms with Gasteiger partial charge in [-0.2, -0.15) is 0 Å². The van der Waals surface area contributed by atoms with Crippen LogP contribution in [0.2, 0.25) is 0 Å². The third kappa shape index (κ3) is 4.10. The number of amides is 1. The van der Waals surface area contributed by atoms with Gasteiger partial charge >= 0.3 is 5.97 Å². The van der Waals surface area contributed by atoms with Gasteiger partial charge in [-0.25, -0.2) is 0 Å². The molecule has 0 saturated carbocycles. The van der Waals surface area contributed by atoms with Crippen molar-refractivity contribution in [1.82, 2.24) is 0 Å². The van der Waals surface area contributed by atoms with Gasteiger partial charge in [0.1, 0.15) is 0 Å². The van der Waals surface area contributed by atoms with Crippen molar-refractivity contribution in [3.8, 4) is 0 Å². The summed E-state index contributed by atoms with van der Waals surface area (Å²) in [6.45, 7) is 4.09. The molecule has 5 nitrogen and oxygen atoms in total. The van der Waals surface area contributed by atoms with Crippen molar-refractivity contribution in [2.45, 2.75) is 31.9 Å². The Labute approximate surface area is 134 Å². The highest BCUT2D eigenvalue weighted by molar-refractivity contribution is 8.14. The largest absolute Gasteiger partial charge is 0.466 e. The quantitative estimate of drug-likeness (QED) is 0.778. The Kier molecular flexibility index (Phi) is 5.60. The SMILES string of the molecule is CCOC(=O)Cc1ccccc1N1CC(SC(C)=O)CC1=O. The molecule has 0 aliphatic carbocycles. The molecule has 0 bridgehead atoms. The van der Waals surface area contributed by atoms with Crippen molar-refractivity contribution < 1.29 is 19.1 Å². The number of para-hydroxylation sites is 1. The van der Waals surface area contributed by atoms with Gasteiger partial charge in [0.15, 0.2) is 5.12 Å². The van der Waals surface area contributed by atoms with E-state index >= 15 is 0 Å². The number of ether oxygens (including phenoxy) is 1. The summed E-state index contributed by atoms with van der Waals surface area (Å²) in [5, 5.41) is -0.0138. The third-order valence-corrected chi connectivity index (χ3v) is 4.33. The molecule has 2 rings (SSSR count). The second-order valence-electron chi connectivity index (χ2n) is 5.05. The Bertz CT molecular complexity index is 587. The van der Waals surface area contributed by atoms with Crippen LogP contribution in [0, 0.1) is 0 Å². The van der Waals surface area contributed by atoms with Gasteiger partial charge in [-0.15, -0.1) is 0 Å². The third-order valence-electron chi connectivity index (χ3n) is 3.34. The van der Waals surface area contributed by atoms with E-state index in [1.807, 2.05) is 24.3 Å². The van der Waals surface area contributed by atoms with Gasteiger partial charge in [0, 0.05) is 30.8 Å². The minimum atomic E-state index is -0.309. The number of nitrogens with zero attached hydrogens (tertiary/aromatic N) is 1. The predicted molar refractivity (Wildman–Crippen MR) is 85.8 cm³/mol. The molecule has 1 fully saturated rings. The van der Waals surface area contributed by atoms with E-state index in [2.05, 4.69) is 0 Å². The van der Waals surface area contributed by atoms with E-state index in [-0.39, 0.29) is 28.7 Å². The van der Waals surface area contributed by atoms with Crippen LogP contribution in [-0.2, 0) is 25.5 Å². The summed E-state index contributed by atoms with van der Waals surface area (Å²) in [6, 6.07) is 7.32. The van der Waals surface area contributed by atoms with Crippen LogP contribution in [0.5, 0.6) is 0 Å². The Hall–Kier alpha value is -1.82. The summed E-state index contributed by atoms with van der Waals surface area (Å²) in [4.78, 5) is 36.8. The topological polar surface area (TPSA) is 63.7 Å². The van der Waals surface area contributed by atoms with Gasteiger partial charge in [-0.05, 0) is 18.6 Å². The highest BCUT2D eigenvalue weighted by Crippen LogP contribution is 2.31. The second kappa shape index (κ2) is 7.45. The predicted octanol–water partition coefficient (Wildman–Crippen LogP) is 2.18. The van der Waals surface area contributed by atoms with E-state index in [1.54, 1.807) is 11.8 Å². The molecule has 1 amide bonds. The van der Waals surface area contributed by atoms with Crippen molar-refractivity contribution in [2.75, 3.05) is 18.1 Å². The second-order valence-corrected chi connectivity index (χ2v) is 6.53. The normalized spacial score (nSPS) is 17.6. The number of anilines is 1. The van der Waals surface area contributed by atoms with Crippen molar-refractivity contribution in [3.63, 3.8) is 0 Å². The fourth-order valence-electron chi connectivity index (χ4n) is 2.51. The fourth-order valence-corrected chi connectivity index (χ4v) is 3.43. The number of benzene rings is 1. The Morgan fingerprint density at radius 1 is 1.36 bits per heavy atom. The summed E-state index contributed by atoms with van der Waals surface area (Å²) in [5.74, 6) is -0.327. The van der Waals surface area contributed by atoms with E-state index in [4.69, 9.17) is 4.74 Å². The van der Waals surface area contributed by atoms with Crippen LogP contribution in [0.3, 0.4) is 0 Å². The molecule has 22 heavy (non-hydrogen) atoms. The average Bonchev–Trinajstić information content (AvgIpc) is 2.79. The Morgan fingerprint density at radius 3 is 2.77 bits per heavy atom. The Balaban J connectivity index is 2.16. The molecular weight excluding hydrogens is 302 g/mol. The van der Waals surface area contributed by atoms with Crippen LogP contribution in [0.1, 0.15) is 25.8 Å². The van der Waals surface area contributed by atoms with Gasteiger partial charge in [0.25, 0.3) is 0 Å². The minimum absolute atomic E-state index is 0.0134. The highest BCUT2D eigenvalue weighted by atomic mass is 32.2. The van der Waals surface area contributed by atoms with Crippen LogP contribution >= 0.6 is 11.8 Å². The van der Waals surface area contributed by atoms with Crippen molar-refractivity contribution >= 4 is 34.4 Å². The molecule has 0 radical (unpaired) electrons. The minimum Gasteiger partial charge on any atom is -0.466 e. The maximum atomic E-state index is 12.2. The zero-order chi connectivity index (χ0) is 16.1. The Morgan fingerprint density at radius 2 is 2.09 bits per heavy atom. The first-order chi connectivity index (χ1) is 10.5. The molecule has 1 aromatic carbocycles. The van der Waals surface area contributed by atoms with E-state index in [0.717, 1.165) is 11.3 Å². The molecule has 6 heteroatoms. The van der Waals surface area contributed by atoms with Crippen LogP contribution in [0.25, 0.3) is 0 Å². The van der Waals surface area contributed by atoms with E-state index in [0.29, 0.717) is 19.6 Å². The lowest BCUT2D eigenvalue weighted by atomic mass is 10.1. The summed E-state index contributed by atoms with van der Waals surface area (Å²) in [6.07, 6.45) is 0.482. The molecule has 1 saturated heterocycles. The maximum absolute atomic E-state index is 12.2. The standard InChI is InChI=1S/C16H19NO4S/c1-3-21-16(20)8-12-6-4-5-7-14(12)17-10-13(9-15(17)19)22-11(2)18/h4-7,13H,3,8-10H2,1-2H3. The zero-order valence-electron chi connectivity index (χ0n) is 12.7. The molecule has 1 unspecified atom stereocenters. The van der Waals surface area contributed by atoms with E-state index < -0.39 is 0 Å². The maximum Gasteiger partial charge on any atom is 0.310 e. The average molecular weight is 321 g/mol. The molecule has 0 N–H and O–H groups in total. The number of hydrogen-bond acceptors (Lipinski definition) is 5. The molecular formula is C16H19NO4S. The van der Waals surface area contributed by atoms with Gasteiger partial charge in [0.05, 0.1) is 13.0 Å². The van der Waals surface area contributed by atoms with Crippen molar-refractivity contribution in [1.29, 1.82) is 0 Å². The van der Waals surface area contributed by atoms with Crippen molar-refractivity contribution in [3.05, 3.63) is 29.8 Å². The monoisotopic (exact) mass is 321 g/mol. The lowest BCUT2D eigenvalue weighted by Crippen LogP contribution is -2.26. The fraction of sp³-hybridized carbons (Fsp3) is 0.438. The summed E-state index contributed by atoms with van der Waals surface area (Å²) < 4.78 is 4.97. The number of esters is 1. The molecule has 118 valence electrons.